The average molecular weight is 231 g/mol. The van der Waals surface area contributed by atoms with Gasteiger partial charge in [0.25, 0.3) is 0 Å². The minimum atomic E-state index is 0.528. The van der Waals surface area contributed by atoms with Gasteiger partial charge >= 0.3 is 0 Å². The smallest absolute Gasteiger partial charge is 0.0246 e. The summed E-state index contributed by atoms with van der Waals surface area (Å²) >= 11 is 0. The molecule has 0 spiro atoms. The molecule has 0 aromatic rings. The third kappa shape index (κ3) is 1.73. The van der Waals surface area contributed by atoms with Gasteiger partial charge in [-0.3, -0.25) is 0 Å². The molecule has 0 amide bonds. The van der Waals surface area contributed by atoms with Crippen molar-refractivity contribution in [1.29, 1.82) is 0 Å². The number of hydrogen-bond acceptors (Lipinski definition) is 1. The van der Waals surface area contributed by atoms with E-state index < -0.39 is 0 Å². The minimum absolute atomic E-state index is 0.528. The van der Waals surface area contributed by atoms with E-state index in [9.17, 15) is 0 Å². The van der Waals surface area contributed by atoms with E-state index in [1.165, 1.54) is 38.5 Å². The van der Waals surface area contributed by atoms with Crippen LogP contribution in [0.1, 0.15) is 51.9 Å². The van der Waals surface area contributed by atoms with Gasteiger partial charge < -0.3 is 5.32 Å². The van der Waals surface area contributed by atoms with E-state index in [1.54, 1.807) is 0 Å². The van der Waals surface area contributed by atoms with Crippen LogP contribution in [0.25, 0.3) is 0 Å². The van der Waals surface area contributed by atoms with Gasteiger partial charge in [0.1, 0.15) is 0 Å². The molecule has 4 rings (SSSR count). The predicted molar refractivity (Wildman–Crippen MR) is 71.5 cm³/mol. The molecule has 1 nitrogen and oxygen atoms in total. The second-order valence-corrected chi connectivity index (χ2v) is 7.38. The van der Waals surface area contributed by atoms with Crippen molar-refractivity contribution in [2.75, 3.05) is 7.05 Å². The van der Waals surface area contributed by atoms with E-state index in [-0.39, 0.29) is 0 Å². The normalized spacial score (nSPS) is 49.0. The average Bonchev–Trinajstić information content (AvgIpc) is 2.22. The van der Waals surface area contributed by atoms with Gasteiger partial charge in [0.2, 0.25) is 0 Å². The summed E-state index contributed by atoms with van der Waals surface area (Å²) in [6.45, 7) is 2.53. The Balaban J connectivity index is 1.90. The van der Waals surface area contributed by atoms with Gasteiger partial charge in [0, 0.05) is 12.5 Å². The summed E-state index contributed by atoms with van der Waals surface area (Å²) in [4.78, 5) is 0. The molecule has 1 N–H and O–H groups in total. The zero-order valence-corrected chi connectivity index (χ0v) is 11.3. The molecule has 3 atom stereocenters. The minimum Gasteiger partial charge on any atom is -0.315 e. The summed E-state index contributed by atoms with van der Waals surface area (Å²) in [5.41, 5.74) is 1.16. The van der Waals surface area contributed by atoms with Crippen LogP contribution in [-0.4, -0.2) is 13.1 Å². The van der Waals surface area contributed by atoms with Gasteiger partial charge in [-0.15, -0.1) is 12.3 Å². The van der Waals surface area contributed by atoms with Crippen molar-refractivity contribution >= 4 is 0 Å². The molecule has 4 bridgehead atoms. The summed E-state index contributed by atoms with van der Waals surface area (Å²) in [6.07, 6.45) is 15.2. The third-order valence-corrected chi connectivity index (χ3v) is 5.81. The van der Waals surface area contributed by atoms with Crippen LogP contribution in [0.5, 0.6) is 0 Å². The van der Waals surface area contributed by atoms with E-state index in [1.807, 2.05) is 0 Å². The predicted octanol–water partition coefficient (Wildman–Crippen LogP) is 3.20. The van der Waals surface area contributed by atoms with Crippen LogP contribution in [-0.2, 0) is 0 Å². The van der Waals surface area contributed by atoms with E-state index >= 15 is 0 Å². The topological polar surface area (TPSA) is 12.0 Å². The van der Waals surface area contributed by atoms with Gasteiger partial charge in [-0.1, -0.05) is 6.92 Å². The van der Waals surface area contributed by atoms with E-state index in [0.29, 0.717) is 16.9 Å². The van der Waals surface area contributed by atoms with Crippen LogP contribution in [0.4, 0.5) is 0 Å². The number of terminal acetylenes is 1. The molecular weight excluding hydrogens is 206 g/mol. The highest BCUT2D eigenvalue weighted by Crippen LogP contribution is 2.66. The SMILES string of the molecule is C#CCC(NC)C12CC3CC(CC(C)(C3)C1)C2. The Hall–Kier alpha value is -0.480. The lowest BCUT2D eigenvalue weighted by Gasteiger charge is -2.63. The van der Waals surface area contributed by atoms with Gasteiger partial charge in [-0.05, 0) is 68.2 Å². The van der Waals surface area contributed by atoms with Gasteiger partial charge in [0.05, 0.1) is 0 Å². The first kappa shape index (κ1) is 11.6. The highest BCUT2D eigenvalue weighted by atomic mass is 14.9. The number of hydrogen-bond donors (Lipinski definition) is 1. The molecule has 1 heteroatoms. The molecule has 0 aliphatic heterocycles. The monoisotopic (exact) mass is 231 g/mol. The summed E-state index contributed by atoms with van der Waals surface area (Å²) < 4.78 is 0. The maximum Gasteiger partial charge on any atom is 0.0246 e. The quantitative estimate of drug-likeness (QED) is 0.736. The van der Waals surface area contributed by atoms with Crippen molar-refractivity contribution in [3.8, 4) is 12.3 Å². The fourth-order valence-corrected chi connectivity index (χ4v) is 5.95. The Morgan fingerprint density at radius 2 is 1.94 bits per heavy atom. The van der Waals surface area contributed by atoms with Gasteiger partial charge in [0.15, 0.2) is 0 Å². The molecule has 3 unspecified atom stereocenters. The Morgan fingerprint density at radius 3 is 2.41 bits per heavy atom. The Kier molecular flexibility index (Phi) is 2.56. The summed E-state index contributed by atoms with van der Waals surface area (Å²) in [7, 11) is 2.10. The second kappa shape index (κ2) is 3.75. The zero-order valence-electron chi connectivity index (χ0n) is 11.3. The van der Waals surface area contributed by atoms with Crippen LogP contribution in [0.3, 0.4) is 0 Å². The lowest BCUT2D eigenvalue weighted by molar-refractivity contribution is -0.116. The Bertz CT molecular complexity index is 337. The van der Waals surface area contributed by atoms with E-state index in [4.69, 9.17) is 6.42 Å². The molecule has 0 saturated heterocycles. The molecule has 4 aliphatic carbocycles. The largest absolute Gasteiger partial charge is 0.315 e. The Labute approximate surface area is 106 Å². The van der Waals surface area contributed by atoms with Crippen LogP contribution in [0, 0.1) is 35.0 Å². The molecule has 0 heterocycles. The van der Waals surface area contributed by atoms with Crippen LogP contribution in [0.15, 0.2) is 0 Å². The number of nitrogens with one attached hydrogen (secondary N) is 1. The van der Waals surface area contributed by atoms with Crippen molar-refractivity contribution in [3.63, 3.8) is 0 Å². The maximum atomic E-state index is 5.57. The molecular formula is C16H25N. The standard InChI is InChI=1S/C16H25N/c1-4-5-14(17-3)16-9-12-6-13(10-16)8-15(2,7-12)11-16/h1,12-14,17H,5-11H2,2-3H3. The highest BCUT2D eigenvalue weighted by molar-refractivity contribution is 5.11. The molecule has 94 valence electrons. The molecule has 0 aromatic heterocycles. The summed E-state index contributed by atoms with van der Waals surface area (Å²) in [5.74, 6) is 4.88. The first-order chi connectivity index (χ1) is 8.09. The molecule has 4 saturated carbocycles. The van der Waals surface area contributed by atoms with Crippen LogP contribution >= 0.6 is 0 Å². The van der Waals surface area contributed by atoms with Crippen LogP contribution < -0.4 is 5.32 Å². The van der Waals surface area contributed by atoms with Crippen molar-refractivity contribution in [1.82, 2.24) is 5.32 Å². The second-order valence-electron chi connectivity index (χ2n) is 7.38. The van der Waals surface area contributed by atoms with E-state index in [0.717, 1.165) is 18.3 Å². The fraction of sp³-hybridized carbons (Fsp3) is 0.875. The van der Waals surface area contributed by atoms with Gasteiger partial charge in [-0.25, -0.2) is 0 Å². The lowest BCUT2D eigenvalue weighted by Crippen LogP contribution is -2.58. The van der Waals surface area contributed by atoms with Crippen molar-refractivity contribution in [2.45, 2.75) is 57.9 Å². The molecule has 0 aromatic carbocycles. The highest BCUT2D eigenvalue weighted by Gasteiger charge is 2.57. The Morgan fingerprint density at radius 1 is 1.29 bits per heavy atom. The van der Waals surface area contributed by atoms with Gasteiger partial charge in [-0.2, -0.15) is 0 Å². The first-order valence-electron chi connectivity index (χ1n) is 7.20. The molecule has 0 radical (unpaired) electrons. The van der Waals surface area contributed by atoms with Crippen molar-refractivity contribution < 1.29 is 0 Å². The molecule has 4 fully saturated rings. The van der Waals surface area contributed by atoms with Crippen LogP contribution in [0.2, 0.25) is 0 Å². The number of rotatable bonds is 3. The van der Waals surface area contributed by atoms with Crippen molar-refractivity contribution in [2.24, 2.45) is 22.7 Å². The third-order valence-electron chi connectivity index (χ3n) is 5.81. The summed E-state index contributed by atoms with van der Waals surface area (Å²) in [6, 6.07) is 0.553. The summed E-state index contributed by atoms with van der Waals surface area (Å²) in [5, 5.41) is 3.53. The van der Waals surface area contributed by atoms with E-state index in [2.05, 4.69) is 25.2 Å². The lowest BCUT2D eigenvalue weighted by atomic mass is 9.43. The zero-order chi connectivity index (χ0) is 12.1. The fourth-order valence-electron chi connectivity index (χ4n) is 5.95. The molecule has 4 aliphatic rings. The first-order valence-corrected chi connectivity index (χ1v) is 7.20. The van der Waals surface area contributed by atoms with Crippen molar-refractivity contribution in [3.05, 3.63) is 0 Å². The maximum absolute atomic E-state index is 5.57. The molecule has 17 heavy (non-hydrogen) atoms.